The van der Waals surface area contributed by atoms with Crippen LogP contribution in [0.5, 0.6) is 0 Å². The molecular weight excluding hydrogens is 376 g/mol. The van der Waals surface area contributed by atoms with Crippen LogP contribution in [0.25, 0.3) is 0 Å². The van der Waals surface area contributed by atoms with Crippen molar-refractivity contribution >= 4 is 9.84 Å². The molecule has 29 heavy (non-hydrogen) atoms. The van der Waals surface area contributed by atoms with E-state index < -0.39 is 9.84 Å². The topological polar surface area (TPSA) is 34.1 Å². The first-order valence-electron chi connectivity index (χ1n) is 12.0. The molecule has 2 fully saturated rings. The normalized spacial score (nSPS) is 25.4. The lowest BCUT2D eigenvalue weighted by atomic mass is 9.56. The van der Waals surface area contributed by atoms with E-state index in [0.29, 0.717) is 10.3 Å². The summed E-state index contributed by atoms with van der Waals surface area (Å²) < 4.78 is 25.1. The van der Waals surface area contributed by atoms with Crippen LogP contribution in [0.3, 0.4) is 0 Å². The van der Waals surface area contributed by atoms with Gasteiger partial charge in [0.1, 0.15) is 0 Å². The van der Waals surface area contributed by atoms with Gasteiger partial charge in [-0.2, -0.15) is 0 Å². The van der Waals surface area contributed by atoms with Crippen molar-refractivity contribution in [3.8, 4) is 0 Å². The van der Waals surface area contributed by atoms with E-state index in [4.69, 9.17) is 0 Å². The number of rotatable bonds is 3. The first-order chi connectivity index (χ1) is 13.7. The van der Waals surface area contributed by atoms with Gasteiger partial charge in [-0.25, -0.2) is 8.42 Å². The summed E-state index contributed by atoms with van der Waals surface area (Å²) in [5.41, 5.74) is 0.502. The number of benzene rings is 1. The highest BCUT2D eigenvalue weighted by atomic mass is 32.2. The van der Waals surface area contributed by atoms with Crippen molar-refractivity contribution < 1.29 is 8.42 Å². The minimum absolute atomic E-state index is 0.156. The Hall–Kier alpha value is -0.830. The van der Waals surface area contributed by atoms with Crippen LogP contribution in [0.4, 0.5) is 0 Å². The highest BCUT2D eigenvalue weighted by molar-refractivity contribution is 7.92. The van der Waals surface area contributed by atoms with Gasteiger partial charge in [0.15, 0.2) is 9.84 Å². The SMILES string of the molecule is CC.CC1CC2(CCC(S(=O)(=O)c3ccccc3)CC2)C1.CCC.CCC(C)C. The van der Waals surface area contributed by atoms with Crippen molar-refractivity contribution in [2.24, 2.45) is 17.3 Å². The molecular formula is C26H48O2S. The van der Waals surface area contributed by atoms with E-state index in [-0.39, 0.29) is 5.25 Å². The largest absolute Gasteiger partial charge is 0.223 e. The predicted molar refractivity (Wildman–Crippen MR) is 129 cm³/mol. The van der Waals surface area contributed by atoms with E-state index in [2.05, 4.69) is 41.5 Å². The predicted octanol–water partition coefficient (Wildman–Crippen LogP) is 8.31. The maximum absolute atomic E-state index is 12.6. The first-order valence-corrected chi connectivity index (χ1v) is 13.5. The van der Waals surface area contributed by atoms with Crippen LogP contribution in [-0.2, 0) is 9.84 Å². The average molecular weight is 425 g/mol. The molecule has 0 aromatic heterocycles. The highest BCUT2D eigenvalue weighted by Crippen LogP contribution is 2.55. The molecule has 1 spiro atoms. The van der Waals surface area contributed by atoms with Gasteiger partial charge in [0, 0.05) is 0 Å². The maximum atomic E-state index is 12.6. The quantitative estimate of drug-likeness (QED) is 0.489. The molecule has 3 rings (SSSR count). The van der Waals surface area contributed by atoms with Gasteiger partial charge in [-0.05, 0) is 67.9 Å². The van der Waals surface area contributed by atoms with E-state index in [9.17, 15) is 8.42 Å². The number of sulfone groups is 1. The Morgan fingerprint density at radius 3 is 1.72 bits per heavy atom. The van der Waals surface area contributed by atoms with Gasteiger partial charge in [-0.15, -0.1) is 0 Å². The zero-order chi connectivity index (χ0) is 22.5. The Kier molecular flexibility index (Phi) is 13.8. The molecule has 0 heterocycles. The van der Waals surface area contributed by atoms with E-state index in [1.165, 1.54) is 25.7 Å². The Morgan fingerprint density at radius 2 is 1.38 bits per heavy atom. The average Bonchev–Trinajstić information content (AvgIpc) is 2.70. The molecule has 1 aromatic carbocycles. The summed E-state index contributed by atoms with van der Waals surface area (Å²) in [5, 5.41) is -0.156. The van der Waals surface area contributed by atoms with Crippen molar-refractivity contribution in [2.45, 2.75) is 117 Å². The van der Waals surface area contributed by atoms with Crippen LogP contribution >= 0.6 is 0 Å². The molecule has 1 aromatic rings. The third-order valence-electron chi connectivity index (χ3n) is 5.88. The lowest BCUT2D eigenvalue weighted by Gasteiger charge is -2.50. The van der Waals surface area contributed by atoms with Crippen molar-refractivity contribution in [1.29, 1.82) is 0 Å². The standard InChI is InChI=1S/C16H22O2S.C5H12.C3H8.C2H6/c1-13-11-16(12-13)9-7-15(8-10-16)19(17,18)14-5-3-2-4-6-14;1-4-5(2)3;1-3-2;1-2/h2-6,13,15H,7-12H2,1H3;5H,4H2,1-3H3;3H2,1-2H3;1-2H3. The summed E-state index contributed by atoms with van der Waals surface area (Å²) >= 11 is 0. The van der Waals surface area contributed by atoms with E-state index in [1.54, 1.807) is 12.1 Å². The Labute approximate surface area is 182 Å². The molecule has 2 nitrogen and oxygen atoms in total. The third kappa shape index (κ3) is 9.24. The van der Waals surface area contributed by atoms with Crippen molar-refractivity contribution in [1.82, 2.24) is 0 Å². The van der Waals surface area contributed by atoms with Crippen molar-refractivity contribution in [3.05, 3.63) is 30.3 Å². The lowest BCUT2D eigenvalue weighted by molar-refractivity contribution is 0.0253. The molecule has 0 unspecified atom stereocenters. The minimum Gasteiger partial charge on any atom is -0.223 e. The summed E-state index contributed by atoms with van der Waals surface area (Å²) in [7, 11) is -3.11. The molecule has 0 atom stereocenters. The summed E-state index contributed by atoms with van der Waals surface area (Å²) in [6.45, 7) is 17.2. The van der Waals surface area contributed by atoms with Crippen LogP contribution in [0.1, 0.15) is 107 Å². The highest BCUT2D eigenvalue weighted by Gasteiger charge is 2.46. The summed E-state index contributed by atoms with van der Waals surface area (Å²) in [4.78, 5) is 0.498. The monoisotopic (exact) mass is 424 g/mol. The summed E-state index contributed by atoms with van der Waals surface area (Å²) in [6, 6.07) is 8.94. The number of hydrogen-bond acceptors (Lipinski definition) is 2. The zero-order valence-electron chi connectivity index (χ0n) is 20.5. The first kappa shape index (κ1) is 28.2. The van der Waals surface area contributed by atoms with Gasteiger partial charge in [0.05, 0.1) is 10.1 Å². The molecule has 0 bridgehead atoms. The molecule has 3 heteroatoms. The Morgan fingerprint density at radius 1 is 0.966 bits per heavy atom. The van der Waals surface area contributed by atoms with Crippen LogP contribution in [0.15, 0.2) is 35.2 Å². The fourth-order valence-electron chi connectivity index (χ4n) is 4.14. The van der Waals surface area contributed by atoms with E-state index >= 15 is 0 Å². The molecule has 2 aliphatic carbocycles. The Bertz CT molecular complexity index is 603. The van der Waals surface area contributed by atoms with Gasteiger partial charge >= 0.3 is 0 Å². The second kappa shape index (κ2) is 14.2. The number of hydrogen-bond donors (Lipinski definition) is 0. The second-order valence-corrected chi connectivity index (χ2v) is 11.3. The van der Waals surface area contributed by atoms with Crippen LogP contribution < -0.4 is 0 Å². The molecule has 0 saturated heterocycles. The molecule has 0 radical (unpaired) electrons. The van der Waals surface area contributed by atoms with E-state index in [1.807, 2.05) is 32.0 Å². The molecule has 0 N–H and O–H groups in total. The van der Waals surface area contributed by atoms with E-state index in [0.717, 1.165) is 37.5 Å². The van der Waals surface area contributed by atoms with Crippen LogP contribution in [0.2, 0.25) is 0 Å². The maximum Gasteiger partial charge on any atom is 0.181 e. The third-order valence-corrected chi connectivity index (χ3v) is 8.16. The summed E-state index contributed by atoms with van der Waals surface area (Å²) in [5.74, 6) is 1.73. The van der Waals surface area contributed by atoms with Crippen LogP contribution in [-0.4, -0.2) is 13.7 Å². The molecule has 0 amide bonds. The van der Waals surface area contributed by atoms with Gasteiger partial charge in [-0.1, -0.05) is 86.4 Å². The molecule has 2 aliphatic rings. The Balaban J connectivity index is 0.000000667. The molecule has 170 valence electrons. The molecule has 0 aliphatic heterocycles. The van der Waals surface area contributed by atoms with Gasteiger partial charge in [0.2, 0.25) is 0 Å². The second-order valence-electron chi connectivity index (χ2n) is 9.08. The zero-order valence-corrected chi connectivity index (χ0v) is 21.3. The van der Waals surface area contributed by atoms with Gasteiger partial charge in [0.25, 0.3) is 0 Å². The van der Waals surface area contributed by atoms with Crippen molar-refractivity contribution in [2.75, 3.05) is 0 Å². The minimum atomic E-state index is -3.11. The summed E-state index contributed by atoms with van der Waals surface area (Å²) in [6.07, 6.45) is 9.09. The fraction of sp³-hybridized carbons (Fsp3) is 0.769. The fourth-order valence-corrected chi connectivity index (χ4v) is 5.92. The smallest absolute Gasteiger partial charge is 0.181 e. The lowest BCUT2D eigenvalue weighted by Crippen LogP contribution is -2.41. The van der Waals surface area contributed by atoms with Crippen molar-refractivity contribution in [3.63, 3.8) is 0 Å². The van der Waals surface area contributed by atoms with Crippen LogP contribution in [0, 0.1) is 17.3 Å². The molecule has 2 saturated carbocycles. The van der Waals surface area contributed by atoms with Gasteiger partial charge < -0.3 is 0 Å². The van der Waals surface area contributed by atoms with Gasteiger partial charge in [-0.3, -0.25) is 0 Å².